The van der Waals surface area contributed by atoms with Crippen molar-refractivity contribution in [2.75, 3.05) is 4.90 Å². The lowest BCUT2D eigenvalue weighted by atomic mass is 9.90. The van der Waals surface area contributed by atoms with E-state index < -0.39 is 0 Å². The average molecular weight is 316 g/mol. The molecule has 0 atom stereocenters. The minimum absolute atomic E-state index is 0.0946. The summed E-state index contributed by atoms with van der Waals surface area (Å²) in [4.78, 5) is 2.48. The molecule has 3 heteroatoms. The van der Waals surface area contributed by atoms with E-state index in [1.54, 1.807) is 0 Å². The third-order valence-corrected chi connectivity index (χ3v) is 4.94. The van der Waals surface area contributed by atoms with Gasteiger partial charge in [0.15, 0.2) is 0 Å². The molecular weight excluding hydrogens is 294 g/mol. The standard InChI is InChI=1S/C19H22ClNO/c1-14-10-18(8-9-19(14)20)21(17-6-3-7-17)12-15-4-2-5-16(11-15)13-22/h2,4-5,8-11,17,22H,3,6-7,12-13H2,1H3. The van der Waals surface area contributed by atoms with E-state index in [2.05, 4.69) is 36.1 Å². The van der Waals surface area contributed by atoms with Gasteiger partial charge in [-0.3, -0.25) is 0 Å². The van der Waals surface area contributed by atoms with Gasteiger partial charge in [-0.05, 0) is 61.1 Å². The number of anilines is 1. The van der Waals surface area contributed by atoms with Crippen LogP contribution in [0, 0.1) is 6.92 Å². The molecule has 0 aromatic heterocycles. The van der Waals surface area contributed by atoms with Crippen LogP contribution in [-0.2, 0) is 13.2 Å². The van der Waals surface area contributed by atoms with Gasteiger partial charge in [-0.25, -0.2) is 0 Å². The molecule has 1 aliphatic carbocycles. The minimum Gasteiger partial charge on any atom is -0.392 e. The zero-order valence-corrected chi connectivity index (χ0v) is 13.7. The van der Waals surface area contributed by atoms with Gasteiger partial charge in [-0.15, -0.1) is 0 Å². The van der Waals surface area contributed by atoms with Crippen molar-refractivity contribution in [2.24, 2.45) is 0 Å². The van der Waals surface area contributed by atoms with Gasteiger partial charge >= 0.3 is 0 Å². The predicted molar refractivity (Wildman–Crippen MR) is 92.4 cm³/mol. The molecular formula is C19H22ClNO. The van der Waals surface area contributed by atoms with Crippen LogP contribution in [-0.4, -0.2) is 11.1 Å². The van der Waals surface area contributed by atoms with Crippen LogP contribution >= 0.6 is 11.6 Å². The maximum Gasteiger partial charge on any atom is 0.0681 e. The highest BCUT2D eigenvalue weighted by Gasteiger charge is 2.25. The van der Waals surface area contributed by atoms with Crippen LogP contribution in [0.4, 0.5) is 5.69 Å². The Balaban J connectivity index is 1.87. The smallest absolute Gasteiger partial charge is 0.0681 e. The molecule has 0 radical (unpaired) electrons. The molecule has 0 heterocycles. The molecule has 2 aromatic rings. The molecule has 0 unspecified atom stereocenters. The number of hydrogen-bond donors (Lipinski definition) is 1. The summed E-state index contributed by atoms with van der Waals surface area (Å²) in [6, 6.07) is 15.1. The monoisotopic (exact) mass is 315 g/mol. The summed E-state index contributed by atoms with van der Waals surface area (Å²) in [5, 5.41) is 10.1. The van der Waals surface area contributed by atoms with E-state index in [9.17, 15) is 5.11 Å². The Bertz CT molecular complexity index is 652. The van der Waals surface area contributed by atoms with Crippen LogP contribution in [0.5, 0.6) is 0 Å². The van der Waals surface area contributed by atoms with Gasteiger partial charge in [-0.1, -0.05) is 35.9 Å². The Hall–Kier alpha value is -1.51. The molecule has 1 N–H and O–H groups in total. The molecule has 1 fully saturated rings. The molecule has 3 rings (SSSR count). The average Bonchev–Trinajstić information content (AvgIpc) is 2.48. The fraction of sp³-hybridized carbons (Fsp3) is 0.368. The third-order valence-electron chi connectivity index (χ3n) is 4.52. The predicted octanol–water partition coefficient (Wildman–Crippen LogP) is 4.70. The van der Waals surface area contributed by atoms with Crippen molar-refractivity contribution < 1.29 is 5.11 Å². The molecule has 2 nitrogen and oxygen atoms in total. The summed E-state index contributed by atoms with van der Waals surface area (Å²) < 4.78 is 0. The Kier molecular flexibility index (Phi) is 4.70. The van der Waals surface area contributed by atoms with Gasteiger partial charge in [0.1, 0.15) is 0 Å². The van der Waals surface area contributed by atoms with Crippen molar-refractivity contribution in [3.8, 4) is 0 Å². The number of halogens is 1. The van der Waals surface area contributed by atoms with Crippen molar-refractivity contribution in [3.63, 3.8) is 0 Å². The van der Waals surface area contributed by atoms with Crippen molar-refractivity contribution in [1.82, 2.24) is 0 Å². The lowest BCUT2D eigenvalue weighted by Crippen LogP contribution is -2.39. The Morgan fingerprint density at radius 1 is 1.14 bits per heavy atom. The summed E-state index contributed by atoms with van der Waals surface area (Å²) in [6.45, 7) is 3.02. The first-order valence-electron chi connectivity index (χ1n) is 7.89. The number of benzene rings is 2. The fourth-order valence-electron chi connectivity index (χ4n) is 2.96. The normalized spacial score (nSPS) is 14.7. The first-order chi connectivity index (χ1) is 10.7. The van der Waals surface area contributed by atoms with Gasteiger partial charge < -0.3 is 10.0 Å². The highest BCUT2D eigenvalue weighted by atomic mass is 35.5. The molecule has 0 aliphatic heterocycles. The second kappa shape index (κ2) is 6.72. The maximum absolute atomic E-state index is 9.32. The van der Waals surface area contributed by atoms with Gasteiger partial charge in [0.2, 0.25) is 0 Å². The first kappa shape index (κ1) is 15.4. The summed E-state index contributed by atoms with van der Waals surface area (Å²) in [5.74, 6) is 0. The first-order valence-corrected chi connectivity index (χ1v) is 8.26. The van der Waals surface area contributed by atoms with Crippen LogP contribution in [0.3, 0.4) is 0 Å². The number of hydrogen-bond acceptors (Lipinski definition) is 2. The highest BCUT2D eigenvalue weighted by molar-refractivity contribution is 6.31. The van der Waals surface area contributed by atoms with Crippen LogP contribution in [0.15, 0.2) is 42.5 Å². The van der Waals surface area contributed by atoms with Crippen LogP contribution in [0.1, 0.15) is 36.0 Å². The number of aryl methyl sites for hydroxylation is 1. The van der Waals surface area contributed by atoms with E-state index in [1.165, 1.54) is 30.5 Å². The minimum atomic E-state index is 0.0946. The molecule has 1 aliphatic rings. The number of rotatable bonds is 5. The summed E-state index contributed by atoms with van der Waals surface area (Å²) in [5.41, 5.74) is 4.57. The lowest BCUT2D eigenvalue weighted by Gasteiger charge is -2.39. The van der Waals surface area contributed by atoms with E-state index in [-0.39, 0.29) is 6.61 Å². The van der Waals surface area contributed by atoms with Crippen molar-refractivity contribution in [1.29, 1.82) is 0 Å². The van der Waals surface area contributed by atoms with Crippen molar-refractivity contribution in [2.45, 2.75) is 45.4 Å². The van der Waals surface area contributed by atoms with Crippen molar-refractivity contribution >= 4 is 17.3 Å². The van der Waals surface area contributed by atoms with Crippen LogP contribution < -0.4 is 4.90 Å². The topological polar surface area (TPSA) is 23.5 Å². The molecule has 0 bridgehead atoms. The Morgan fingerprint density at radius 3 is 2.55 bits per heavy atom. The number of nitrogens with zero attached hydrogens (tertiary/aromatic N) is 1. The summed E-state index contributed by atoms with van der Waals surface area (Å²) in [7, 11) is 0. The molecule has 0 amide bonds. The lowest BCUT2D eigenvalue weighted by molar-refractivity contribution is 0.281. The molecule has 116 valence electrons. The maximum atomic E-state index is 9.32. The van der Waals surface area contributed by atoms with Gasteiger partial charge in [0.25, 0.3) is 0 Å². The van der Waals surface area contributed by atoms with E-state index in [1.807, 2.05) is 18.2 Å². The van der Waals surface area contributed by atoms with Gasteiger partial charge in [0.05, 0.1) is 6.61 Å². The third kappa shape index (κ3) is 3.29. The van der Waals surface area contributed by atoms with E-state index >= 15 is 0 Å². The second-order valence-electron chi connectivity index (χ2n) is 6.12. The van der Waals surface area contributed by atoms with Crippen LogP contribution in [0.2, 0.25) is 5.02 Å². The Morgan fingerprint density at radius 2 is 1.91 bits per heavy atom. The summed E-state index contributed by atoms with van der Waals surface area (Å²) >= 11 is 6.17. The fourth-order valence-corrected chi connectivity index (χ4v) is 3.08. The highest BCUT2D eigenvalue weighted by Crippen LogP contribution is 2.33. The van der Waals surface area contributed by atoms with Gasteiger partial charge in [0, 0.05) is 23.3 Å². The second-order valence-corrected chi connectivity index (χ2v) is 6.53. The molecule has 0 saturated heterocycles. The van der Waals surface area contributed by atoms with E-state index in [0.717, 1.165) is 22.7 Å². The SMILES string of the molecule is Cc1cc(N(Cc2cccc(CO)c2)C2CCC2)ccc1Cl. The van der Waals surface area contributed by atoms with E-state index in [4.69, 9.17) is 11.6 Å². The zero-order chi connectivity index (χ0) is 15.5. The number of aliphatic hydroxyl groups excluding tert-OH is 1. The molecule has 2 aromatic carbocycles. The zero-order valence-electron chi connectivity index (χ0n) is 12.9. The van der Waals surface area contributed by atoms with Crippen molar-refractivity contribution in [3.05, 3.63) is 64.2 Å². The molecule has 1 saturated carbocycles. The largest absolute Gasteiger partial charge is 0.392 e. The molecule has 22 heavy (non-hydrogen) atoms. The Labute approximate surface area is 137 Å². The van der Waals surface area contributed by atoms with E-state index in [0.29, 0.717) is 6.04 Å². The van der Waals surface area contributed by atoms with Crippen LogP contribution in [0.25, 0.3) is 0 Å². The quantitative estimate of drug-likeness (QED) is 0.864. The summed E-state index contributed by atoms with van der Waals surface area (Å²) in [6.07, 6.45) is 3.81. The molecule has 0 spiro atoms. The number of aliphatic hydroxyl groups is 1. The van der Waals surface area contributed by atoms with Gasteiger partial charge in [-0.2, -0.15) is 0 Å².